The molecular weight excluding hydrogens is 718 g/mol. The van der Waals surface area contributed by atoms with E-state index in [4.69, 9.17) is 21.1 Å². The third-order valence-electron chi connectivity index (χ3n) is 7.35. The van der Waals surface area contributed by atoms with Crippen LogP contribution in [0.4, 0.5) is 5.69 Å². The van der Waals surface area contributed by atoms with E-state index in [1.165, 1.54) is 49.5 Å². The zero-order valence-corrected chi connectivity index (χ0v) is 30.6. The van der Waals surface area contributed by atoms with Crippen molar-refractivity contribution < 1.29 is 27.5 Å². The zero-order valence-electron chi connectivity index (χ0n) is 27.4. The molecule has 254 valence electrons. The van der Waals surface area contributed by atoms with E-state index in [1.807, 2.05) is 75.4 Å². The third kappa shape index (κ3) is 9.52. The van der Waals surface area contributed by atoms with Gasteiger partial charge in [0.15, 0.2) is 11.5 Å². The second-order valence-corrected chi connectivity index (χ2v) is 15.3. The Bertz CT molecular complexity index is 1830. The number of benzene rings is 4. The summed E-state index contributed by atoms with van der Waals surface area (Å²) < 4.78 is 41.2. The molecule has 0 fully saturated rings. The highest BCUT2D eigenvalue weighted by Crippen LogP contribution is 2.33. The molecule has 1 N–H and O–H groups in total. The Labute approximate surface area is 296 Å². The van der Waals surface area contributed by atoms with Crippen molar-refractivity contribution in [3.8, 4) is 11.5 Å². The highest BCUT2D eigenvalue weighted by molar-refractivity contribution is 9.10. The molecule has 0 aliphatic heterocycles. The van der Waals surface area contributed by atoms with Crippen LogP contribution in [-0.2, 0) is 32.6 Å². The van der Waals surface area contributed by atoms with Crippen LogP contribution in [-0.4, -0.2) is 57.5 Å². The van der Waals surface area contributed by atoms with Crippen LogP contribution in [0.1, 0.15) is 31.9 Å². The number of halogens is 2. The molecule has 0 saturated heterocycles. The average molecular weight is 757 g/mol. The third-order valence-corrected chi connectivity index (χ3v) is 9.86. The Balaban J connectivity index is 1.84. The standard InChI is InChI=1S/C36H39BrClN3O6S/c1-36(2,3)39-35(43)31(21-25-10-7-6-8-11-25)40(23-26-12-9-13-27(37)20-26)34(42)24-41(29-16-14-28(38)15-17-29)48(44,45)30-18-19-32(46-4)33(22-30)47-5/h6-20,22,31H,21,23-24H2,1-5H3,(H,39,43). The van der Waals surface area contributed by atoms with Gasteiger partial charge in [0.2, 0.25) is 11.8 Å². The normalized spacial score (nSPS) is 12.1. The van der Waals surface area contributed by atoms with Crippen LogP contribution in [0, 0.1) is 0 Å². The molecule has 48 heavy (non-hydrogen) atoms. The summed E-state index contributed by atoms with van der Waals surface area (Å²) in [6, 6.07) is 26.2. The summed E-state index contributed by atoms with van der Waals surface area (Å²) in [6.07, 6.45) is 0.200. The number of methoxy groups -OCH3 is 2. The number of nitrogens with one attached hydrogen (secondary N) is 1. The van der Waals surface area contributed by atoms with Gasteiger partial charge < -0.3 is 19.7 Å². The molecule has 4 aromatic rings. The van der Waals surface area contributed by atoms with E-state index < -0.39 is 34.1 Å². The Morgan fingerprint density at radius 1 is 0.854 bits per heavy atom. The van der Waals surface area contributed by atoms with Crippen LogP contribution in [0.5, 0.6) is 11.5 Å². The minimum Gasteiger partial charge on any atom is -0.493 e. The molecule has 1 atom stereocenters. The van der Waals surface area contributed by atoms with E-state index in [-0.39, 0.29) is 35.2 Å². The Morgan fingerprint density at radius 2 is 1.50 bits per heavy atom. The summed E-state index contributed by atoms with van der Waals surface area (Å²) in [4.78, 5) is 30.0. The summed E-state index contributed by atoms with van der Waals surface area (Å²) >= 11 is 9.66. The van der Waals surface area contributed by atoms with Crippen molar-refractivity contribution in [3.63, 3.8) is 0 Å². The number of ether oxygens (including phenoxy) is 2. The first-order valence-electron chi connectivity index (χ1n) is 15.1. The van der Waals surface area contributed by atoms with E-state index in [0.29, 0.717) is 10.8 Å². The Hall–Kier alpha value is -4.06. The topological polar surface area (TPSA) is 105 Å². The first-order chi connectivity index (χ1) is 22.7. The SMILES string of the molecule is COc1ccc(S(=O)(=O)N(CC(=O)N(Cc2cccc(Br)c2)C(Cc2ccccc2)C(=O)NC(C)(C)C)c2ccc(Cl)cc2)cc1OC. The molecule has 0 heterocycles. The summed E-state index contributed by atoms with van der Waals surface area (Å²) in [5.74, 6) is -0.396. The van der Waals surface area contributed by atoms with Gasteiger partial charge in [0, 0.05) is 34.1 Å². The van der Waals surface area contributed by atoms with Crippen molar-refractivity contribution in [1.29, 1.82) is 0 Å². The first-order valence-corrected chi connectivity index (χ1v) is 17.7. The van der Waals surface area contributed by atoms with Gasteiger partial charge in [-0.25, -0.2) is 8.42 Å². The number of hydrogen-bond donors (Lipinski definition) is 1. The number of amides is 2. The average Bonchev–Trinajstić information content (AvgIpc) is 3.04. The molecule has 0 radical (unpaired) electrons. The smallest absolute Gasteiger partial charge is 0.264 e. The fraction of sp³-hybridized carbons (Fsp3) is 0.278. The van der Waals surface area contributed by atoms with E-state index in [1.54, 1.807) is 12.1 Å². The monoisotopic (exact) mass is 755 g/mol. The lowest BCUT2D eigenvalue weighted by atomic mass is 10.0. The molecule has 0 aromatic heterocycles. The molecule has 0 spiro atoms. The number of carbonyl (C=O) groups excluding carboxylic acids is 2. The molecule has 0 bridgehead atoms. The zero-order chi connectivity index (χ0) is 35.1. The molecule has 12 heteroatoms. The van der Waals surface area contributed by atoms with Gasteiger partial charge in [-0.05, 0) is 80.4 Å². The molecule has 1 unspecified atom stereocenters. The lowest BCUT2D eigenvalue weighted by molar-refractivity contribution is -0.140. The quantitative estimate of drug-likeness (QED) is 0.160. The minimum atomic E-state index is -4.37. The van der Waals surface area contributed by atoms with E-state index >= 15 is 0 Å². The van der Waals surface area contributed by atoms with Crippen molar-refractivity contribution in [2.75, 3.05) is 25.1 Å². The second kappa shape index (κ2) is 15.9. The first kappa shape index (κ1) is 36.8. The predicted octanol–water partition coefficient (Wildman–Crippen LogP) is 6.87. The minimum absolute atomic E-state index is 0.0399. The Kier molecular flexibility index (Phi) is 12.2. The van der Waals surface area contributed by atoms with Crippen LogP contribution >= 0.6 is 27.5 Å². The number of carbonyl (C=O) groups is 2. The lowest BCUT2D eigenvalue weighted by Crippen LogP contribution is -2.56. The van der Waals surface area contributed by atoms with E-state index in [0.717, 1.165) is 19.9 Å². The number of nitrogens with zero attached hydrogens (tertiary/aromatic N) is 2. The molecular formula is C36H39BrClN3O6S. The molecule has 0 saturated carbocycles. The fourth-order valence-corrected chi connectivity index (χ4v) is 7.08. The maximum atomic E-state index is 14.6. The van der Waals surface area contributed by atoms with Gasteiger partial charge in [0.1, 0.15) is 12.6 Å². The van der Waals surface area contributed by atoms with Gasteiger partial charge in [-0.1, -0.05) is 70.0 Å². The van der Waals surface area contributed by atoms with Crippen LogP contribution in [0.3, 0.4) is 0 Å². The largest absolute Gasteiger partial charge is 0.493 e. The van der Waals surface area contributed by atoms with Crippen molar-refractivity contribution in [1.82, 2.24) is 10.2 Å². The molecule has 9 nitrogen and oxygen atoms in total. The maximum absolute atomic E-state index is 14.6. The number of rotatable bonds is 13. The molecule has 4 rings (SSSR count). The highest BCUT2D eigenvalue weighted by Gasteiger charge is 2.36. The number of anilines is 1. The van der Waals surface area contributed by atoms with Gasteiger partial charge in [0.25, 0.3) is 10.0 Å². The van der Waals surface area contributed by atoms with E-state index in [9.17, 15) is 18.0 Å². The molecule has 0 aliphatic carbocycles. The lowest BCUT2D eigenvalue weighted by Gasteiger charge is -2.35. The van der Waals surface area contributed by atoms with Crippen molar-refractivity contribution in [2.45, 2.75) is 50.2 Å². The number of hydrogen-bond acceptors (Lipinski definition) is 6. The highest BCUT2D eigenvalue weighted by atomic mass is 79.9. The second-order valence-electron chi connectivity index (χ2n) is 12.1. The van der Waals surface area contributed by atoms with Gasteiger partial charge in [-0.15, -0.1) is 0 Å². The summed E-state index contributed by atoms with van der Waals surface area (Å²) in [6.45, 7) is 5.02. The summed E-state index contributed by atoms with van der Waals surface area (Å²) in [5, 5.41) is 3.42. The van der Waals surface area contributed by atoms with Gasteiger partial charge in [-0.3, -0.25) is 13.9 Å². The molecule has 2 amide bonds. The van der Waals surface area contributed by atoms with Gasteiger partial charge in [0.05, 0.1) is 24.8 Å². The van der Waals surface area contributed by atoms with Gasteiger partial charge >= 0.3 is 0 Å². The summed E-state index contributed by atoms with van der Waals surface area (Å²) in [7, 11) is -1.51. The molecule has 0 aliphatic rings. The summed E-state index contributed by atoms with van der Waals surface area (Å²) in [5.41, 5.74) is 1.21. The van der Waals surface area contributed by atoms with Crippen molar-refractivity contribution >= 4 is 55.1 Å². The molecule has 4 aromatic carbocycles. The van der Waals surface area contributed by atoms with Crippen molar-refractivity contribution in [2.24, 2.45) is 0 Å². The van der Waals surface area contributed by atoms with Crippen molar-refractivity contribution in [3.05, 3.63) is 118 Å². The number of sulfonamides is 1. The fourth-order valence-electron chi connectivity index (χ4n) is 5.08. The predicted molar refractivity (Wildman–Crippen MR) is 192 cm³/mol. The van der Waals surface area contributed by atoms with Crippen LogP contribution < -0.4 is 19.1 Å². The van der Waals surface area contributed by atoms with Gasteiger partial charge in [-0.2, -0.15) is 0 Å². The maximum Gasteiger partial charge on any atom is 0.264 e. The van der Waals surface area contributed by atoms with E-state index in [2.05, 4.69) is 21.2 Å². The van der Waals surface area contributed by atoms with Crippen LogP contribution in [0.25, 0.3) is 0 Å². The Morgan fingerprint density at radius 3 is 2.10 bits per heavy atom. The van der Waals surface area contributed by atoms with Crippen LogP contribution in [0.2, 0.25) is 5.02 Å². The van der Waals surface area contributed by atoms with Crippen LogP contribution in [0.15, 0.2) is 106 Å².